The molecule has 18 heavy (non-hydrogen) atoms. The van der Waals surface area contributed by atoms with Crippen molar-refractivity contribution in [2.24, 2.45) is 11.7 Å². The number of rotatable bonds is 5. The first-order valence-electron chi connectivity index (χ1n) is 5.82. The topological polar surface area (TPSA) is 72.2 Å². The normalized spacial score (nSPS) is 13.7. The largest absolute Gasteiger partial charge is 0.368 e. The molecule has 1 aromatic carbocycles. The van der Waals surface area contributed by atoms with E-state index in [0.717, 1.165) is 0 Å². The summed E-state index contributed by atoms with van der Waals surface area (Å²) in [5, 5.41) is 2.47. The summed E-state index contributed by atoms with van der Waals surface area (Å²) in [4.78, 5) is 23.1. The Kier molecular flexibility index (Phi) is 4.83. The molecule has 0 heterocycles. The summed E-state index contributed by atoms with van der Waals surface area (Å²) in [6.45, 7) is 3.69. The average Bonchev–Trinajstić information content (AvgIpc) is 2.35. The molecule has 2 atom stereocenters. The van der Waals surface area contributed by atoms with Crippen molar-refractivity contribution in [1.82, 2.24) is 5.32 Å². The molecule has 0 aliphatic carbocycles. The van der Waals surface area contributed by atoms with Gasteiger partial charge < -0.3 is 11.1 Å². The molecule has 0 saturated carbocycles. The van der Waals surface area contributed by atoms with Crippen LogP contribution in [-0.2, 0) is 4.79 Å². The second kappa shape index (κ2) is 6.14. The molecule has 0 aliphatic rings. The number of benzene rings is 1. The fourth-order valence-electron chi connectivity index (χ4n) is 1.59. The van der Waals surface area contributed by atoms with Gasteiger partial charge in [0, 0.05) is 0 Å². The van der Waals surface area contributed by atoms with Crippen molar-refractivity contribution in [3.63, 3.8) is 0 Å². The van der Waals surface area contributed by atoms with Gasteiger partial charge in [-0.3, -0.25) is 9.59 Å². The Bertz CT molecular complexity index is 448. The first-order chi connectivity index (χ1) is 8.47. The molecule has 1 aromatic rings. The lowest BCUT2D eigenvalue weighted by Crippen LogP contribution is -2.48. The van der Waals surface area contributed by atoms with Gasteiger partial charge in [-0.2, -0.15) is 0 Å². The molecule has 2 amide bonds. The summed E-state index contributed by atoms with van der Waals surface area (Å²) in [6.07, 6.45) is 0.686. The van der Waals surface area contributed by atoms with Gasteiger partial charge in [0.1, 0.15) is 11.9 Å². The van der Waals surface area contributed by atoms with Gasteiger partial charge in [-0.15, -0.1) is 0 Å². The first kappa shape index (κ1) is 14.2. The molecule has 0 aliphatic heterocycles. The molecule has 0 bridgehead atoms. The number of nitrogens with two attached hydrogens (primary N) is 1. The van der Waals surface area contributed by atoms with Crippen molar-refractivity contribution >= 4 is 11.8 Å². The van der Waals surface area contributed by atoms with Gasteiger partial charge in [0.15, 0.2) is 0 Å². The molecule has 0 fully saturated rings. The van der Waals surface area contributed by atoms with Crippen LogP contribution in [0.2, 0.25) is 0 Å². The van der Waals surface area contributed by atoms with Crippen LogP contribution in [0.1, 0.15) is 30.6 Å². The van der Waals surface area contributed by atoms with E-state index in [9.17, 15) is 14.0 Å². The summed E-state index contributed by atoms with van der Waals surface area (Å²) < 4.78 is 13.4. The quantitative estimate of drug-likeness (QED) is 0.832. The van der Waals surface area contributed by atoms with Gasteiger partial charge in [-0.1, -0.05) is 32.4 Å². The van der Waals surface area contributed by atoms with Crippen molar-refractivity contribution < 1.29 is 14.0 Å². The average molecular weight is 252 g/mol. The van der Waals surface area contributed by atoms with Crippen LogP contribution >= 0.6 is 0 Å². The minimum absolute atomic E-state index is 0.0907. The van der Waals surface area contributed by atoms with Crippen LogP contribution < -0.4 is 11.1 Å². The van der Waals surface area contributed by atoms with Crippen LogP contribution in [0.25, 0.3) is 0 Å². The van der Waals surface area contributed by atoms with E-state index in [1.54, 1.807) is 13.0 Å². The van der Waals surface area contributed by atoms with E-state index in [-0.39, 0.29) is 11.5 Å². The molecule has 0 unspecified atom stereocenters. The van der Waals surface area contributed by atoms with Crippen molar-refractivity contribution in [1.29, 1.82) is 0 Å². The number of amides is 2. The first-order valence-corrected chi connectivity index (χ1v) is 5.82. The van der Waals surface area contributed by atoms with E-state index >= 15 is 0 Å². The van der Waals surface area contributed by atoms with E-state index in [1.807, 2.05) is 6.92 Å². The monoisotopic (exact) mass is 252 g/mol. The van der Waals surface area contributed by atoms with Gasteiger partial charge in [0.2, 0.25) is 5.91 Å². The smallest absolute Gasteiger partial charge is 0.254 e. The Morgan fingerprint density at radius 3 is 2.50 bits per heavy atom. The van der Waals surface area contributed by atoms with Crippen LogP contribution in [-0.4, -0.2) is 17.9 Å². The second-order valence-corrected chi connectivity index (χ2v) is 4.22. The van der Waals surface area contributed by atoms with E-state index < -0.39 is 23.7 Å². The highest BCUT2D eigenvalue weighted by Crippen LogP contribution is 2.10. The predicted octanol–water partition coefficient (Wildman–Crippen LogP) is 1.46. The van der Waals surface area contributed by atoms with Crippen molar-refractivity contribution in [2.75, 3.05) is 0 Å². The Labute approximate surface area is 105 Å². The van der Waals surface area contributed by atoms with E-state index in [2.05, 4.69) is 5.32 Å². The molecule has 0 saturated heterocycles. The molecule has 5 heteroatoms. The Morgan fingerprint density at radius 2 is 2.00 bits per heavy atom. The number of hydrogen-bond acceptors (Lipinski definition) is 2. The minimum Gasteiger partial charge on any atom is -0.368 e. The Hall–Kier alpha value is -1.91. The second-order valence-electron chi connectivity index (χ2n) is 4.22. The number of carbonyl (C=O) groups is 2. The van der Waals surface area contributed by atoms with Gasteiger partial charge in [0.05, 0.1) is 5.56 Å². The summed E-state index contributed by atoms with van der Waals surface area (Å²) >= 11 is 0. The number of primary amides is 1. The summed E-state index contributed by atoms with van der Waals surface area (Å²) in [7, 11) is 0. The molecular weight excluding hydrogens is 235 g/mol. The third-order valence-corrected chi connectivity index (χ3v) is 2.92. The SMILES string of the molecule is CC[C@H](C)[C@@H](NC(=O)c1ccccc1F)C(N)=O. The number of carbonyl (C=O) groups excluding carboxylic acids is 2. The zero-order valence-electron chi connectivity index (χ0n) is 10.4. The Morgan fingerprint density at radius 1 is 1.39 bits per heavy atom. The van der Waals surface area contributed by atoms with Crippen LogP contribution in [0.15, 0.2) is 24.3 Å². The van der Waals surface area contributed by atoms with E-state index in [4.69, 9.17) is 5.73 Å². The van der Waals surface area contributed by atoms with Crippen LogP contribution in [0.3, 0.4) is 0 Å². The van der Waals surface area contributed by atoms with Gasteiger partial charge >= 0.3 is 0 Å². The standard InChI is InChI=1S/C13H17FN2O2/c1-3-8(2)11(12(15)17)16-13(18)9-6-4-5-7-10(9)14/h4-8,11H,3H2,1-2H3,(H2,15,17)(H,16,18)/t8-,11+/m0/s1. The van der Waals surface area contributed by atoms with Gasteiger partial charge in [0.25, 0.3) is 5.91 Å². The maximum absolute atomic E-state index is 13.4. The predicted molar refractivity (Wildman–Crippen MR) is 66.3 cm³/mol. The van der Waals surface area contributed by atoms with Crippen LogP contribution in [0.5, 0.6) is 0 Å². The maximum Gasteiger partial charge on any atom is 0.254 e. The van der Waals surface area contributed by atoms with E-state index in [0.29, 0.717) is 6.42 Å². The molecule has 0 aromatic heterocycles. The van der Waals surface area contributed by atoms with Crippen LogP contribution in [0, 0.1) is 11.7 Å². The molecule has 3 N–H and O–H groups in total. The Balaban J connectivity index is 2.86. The summed E-state index contributed by atoms with van der Waals surface area (Å²) in [5.74, 6) is -1.97. The summed E-state index contributed by atoms with van der Waals surface area (Å²) in [5.41, 5.74) is 5.14. The van der Waals surface area contributed by atoms with Crippen LogP contribution in [0.4, 0.5) is 4.39 Å². The highest BCUT2D eigenvalue weighted by molar-refractivity contribution is 5.97. The van der Waals surface area contributed by atoms with Crippen molar-refractivity contribution in [2.45, 2.75) is 26.3 Å². The zero-order valence-corrected chi connectivity index (χ0v) is 10.4. The molecule has 4 nitrogen and oxygen atoms in total. The summed E-state index contributed by atoms with van der Waals surface area (Å²) in [6, 6.07) is 4.81. The number of halogens is 1. The fraction of sp³-hybridized carbons (Fsp3) is 0.385. The fourth-order valence-corrected chi connectivity index (χ4v) is 1.59. The number of nitrogens with one attached hydrogen (secondary N) is 1. The lowest BCUT2D eigenvalue weighted by Gasteiger charge is -2.21. The molecular formula is C13H17FN2O2. The third kappa shape index (κ3) is 3.29. The lowest BCUT2D eigenvalue weighted by atomic mass is 9.98. The molecule has 98 valence electrons. The van der Waals surface area contributed by atoms with Gasteiger partial charge in [-0.05, 0) is 18.1 Å². The van der Waals surface area contributed by atoms with Gasteiger partial charge in [-0.25, -0.2) is 4.39 Å². The minimum atomic E-state index is -0.790. The molecule has 0 spiro atoms. The highest BCUT2D eigenvalue weighted by atomic mass is 19.1. The molecule has 0 radical (unpaired) electrons. The maximum atomic E-state index is 13.4. The van der Waals surface area contributed by atoms with Crippen molar-refractivity contribution in [3.05, 3.63) is 35.6 Å². The van der Waals surface area contributed by atoms with Crippen molar-refractivity contribution in [3.8, 4) is 0 Å². The highest BCUT2D eigenvalue weighted by Gasteiger charge is 2.24. The zero-order chi connectivity index (χ0) is 13.7. The lowest BCUT2D eigenvalue weighted by molar-refractivity contribution is -0.120. The third-order valence-electron chi connectivity index (χ3n) is 2.92. The van der Waals surface area contributed by atoms with E-state index in [1.165, 1.54) is 18.2 Å². The number of hydrogen-bond donors (Lipinski definition) is 2. The molecule has 1 rings (SSSR count).